The first-order valence-corrected chi connectivity index (χ1v) is 4.60. The first-order valence-electron chi connectivity index (χ1n) is 4.60. The summed E-state index contributed by atoms with van der Waals surface area (Å²) in [4.78, 5) is 0. The molecule has 1 fully saturated rings. The van der Waals surface area contributed by atoms with E-state index in [2.05, 4.69) is 6.92 Å². The average molecular weight is 158 g/mol. The summed E-state index contributed by atoms with van der Waals surface area (Å²) in [6, 6.07) is 0. The fourth-order valence-electron chi connectivity index (χ4n) is 1.58. The minimum atomic E-state index is -0.807. The molecule has 0 aromatic carbocycles. The predicted octanol–water partition coefficient (Wildman–Crippen LogP) is 2.06. The van der Waals surface area contributed by atoms with Gasteiger partial charge in [-0.15, -0.1) is 0 Å². The molecule has 0 aromatic heterocycles. The van der Waals surface area contributed by atoms with E-state index in [1.165, 1.54) is 0 Å². The highest BCUT2D eigenvalue weighted by Gasteiger charge is 2.32. The number of rotatable bonds is 2. The lowest BCUT2D eigenvalue weighted by Crippen LogP contribution is -2.39. The maximum Gasteiger partial charge on any atom is 0.165 e. The largest absolute Gasteiger partial charge is 0.365 e. The van der Waals surface area contributed by atoms with Crippen molar-refractivity contribution in [2.24, 2.45) is 0 Å². The van der Waals surface area contributed by atoms with Gasteiger partial charge in [0.15, 0.2) is 5.79 Å². The highest BCUT2D eigenvalue weighted by atomic mass is 16.6. The summed E-state index contributed by atoms with van der Waals surface area (Å²) in [5, 5.41) is 9.76. The van der Waals surface area contributed by atoms with Crippen LogP contribution in [-0.4, -0.2) is 17.0 Å². The molecule has 0 radical (unpaired) electrons. The van der Waals surface area contributed by atoms with Gasteiger partial charge in [0.2, 0.25) is 0 Å². The highest BCUT2D eigenvalue weighted by molar-refractivity contribution is 4.74. The Labute approximate surface area is 68.6 Å². The Hall–Kier alpha value is -0.0800. The van der Waals surface area contributed by atoms with Crippen LogP contribution in [0.25, 0.3) is 0 Å². The van der Waals surface area contributed by atoms with Crippen LogP contribution in [0.15, 0.2) is 0 Å². The summed E-state index contributed by atoms with van der Waals surface area (Å²) in [5.41, 5.74) is 0. The molecule has 1 aliphatic heterocycles. The summed E-state index contributed by atoms with van der Waals surface area (Å²) >= 11 is 0. The van der Waals surface area contributed by atoms with E-state index in [1.807, 2.05) is 6.92 Å². The topological polar surface area (TPSA) is 29.5 Å². The number of hydrogen-bond donors (Lipinski definition) is 1. The smallest absolute Gasteiger partial charge is 0.165 e. The van der Waals surface area contributed by atoms with Gasteiger partial charge in [0.25, 0.3) is 0 Å². The van der Waals surface area contributed by atoms with Crippen molar-refractivity contribution in [3.8, 4) is 0 Å². The molecular weight excluding hydrogens is 140 g/mol. The molecule has 0 aliphatic carbocycles. The summed E-state index contributed by atoms with van der Waals surface area (Å²) in [6.45, 7) is 4.07. The summed E-state index contributed by atoms with van der Waals surface area (Å²) in [5.74, 6) is -0.807. The lowest BCUT2D eigenvalue weighted by Gasteiger charge is -2.36. The van der Waals surface area contributed by atoms with Crippen LogP contribution < -0.4 is 0 Å². The Bertz CT molecular complexity index is 125. The lowest BCUT2D eigenvalue weighted by molar-refractivity contribution is -0.254. The highest BCUT2D eigenvalue weighted by Crippen LogP contribution is 2.29. The normalized spacial score (nSPS) is 39.0. The maximum atomic E-state index is 9.76. The average Bonchev–Trinajstić information content (AvgIpc) is 2.05. The van der Waals surface area contributed by atoms with E-state index in [0.29, 0.717) is 6.42 Å². The molecule has 2 unspecified atom stereocenters. The molecule has 1 rings (SSSR count). The molecule has 1 N–H and O–H groups in total. The van der Waals surface area contributed by atoms with E-state index in [0.717, 1.165) is 25.7 Å². The zero-order chi connectivity index (χ0) is 8.32. The minimum Gasteiger partial charge on any atom is -0.365 e. The molecule has 1 heterocycles. The molecule has 0 amide bonds. The van der Waals surface area contributed by atoms with Gasteiger partial charge in [-0.05, 0) is 25.7 Å². The number of hydrogen-bond acceptors (Lipinski definition) is 2. The van der Waals surface area contributed by atoms with Crippen LogP contribution in [0.2, 0.25) is 0 Å². The number of aliphatic hydroxyl groups is 1. The molecule has 66 valence electrons. The van der Waals surface area contributed by atoms with E-state index < -0.39 is 5.79 Å². The van der Waals surface area contributed by atoms with Crippen LogP contribution in [0.4, 0.5) is 0 Å². The van der Waals surface area contributed by atoms with Crippen molar-refractivity contribution >= 4 is 0 Å². The first kappa shape index (κ1) is 9.01. The van der Waals surface area contributed by atoms with Crippen LogP contribution in [0, 0.1) is 0 Å². The lowest BCUT2D eigenvalue weighted by atomic mass is 9.98. The molecule has 0 aromatic rings. The van der Waals surface area contributed by atoms with Crippen molar-refractivity contribution in [2.75, 3.05) is 0 Å². The fraction of sp³-hybridized carbons (Fsp3) is 1.00. The van der Waals surface area contributed by atoms with Gasteiger partial charge in [0.05, 0.1) is 6.10 Å². The Morgan fingerprint density at radius 1 is 1.55 bits per heavy atom. The van der Waals surface area contributed by atoms with E-state index >= 15 is 0 Å². The van der Waals surface area contributed by atoms with Gasteiger partial charge in [-0.3, -0.25) is 0 Å². The minimum absolute atomic E-state index is 0.286. The van der Waals surface area contributed by atoms with Gasteiger partial charge in [-0.2, -0.15) is 0 Å². The molecule has 0 spiro atoms. The molecule has 0 saturated carbocycles. The molecule has 11 heavy (non-hydrogen) atoms. The first-order chi connectivity index (χ1) is 5.20. The van der Waals surface area contributed by atoms with Crippen molar-refractivity contribution in [1.82, 2.24) is 0 Å². The van der Waals surface area contributed by atoms with Crippen LogP contribution in [-0.2, 0) is 4.74 Å². The van der Waals surface area contributed by atoms with E-state index in [1.54, 1.807) is 0 Å². The van der Waals surface area contributed by atoms with Gasteiger partial charge >= 0.3 is 0 Å². The quantitative estimate of drug-likeness (QED) is 0.666. The summed E-state index contributed by atoms with van der Waals surface area (Å²) < 4.78 is 5.53. The van der Waals surface area contributed by atoms with E-state index in [9.17, 15) is 5.11 Å². The third kappa shape index (κ3) is 2.17. The van der Waals surface area contributed by atoms with E-state index in [4.69, 9.17) is 4.74 Å². The fourth-order valence-corrected chi connectivity index (χ4v) is 1.58. The summed E-state index contributed by atoms with van der Waals surface area (Å²) in [7, 11) is 0. The monoisotopic (exact) mass is 158 g/mol. The molecular formula is C9H18O2. The Morgan fingerprint density at radius 3 is 2.82 bits per heavy atom. The van der Waals surface area contributed by atoms with Crippen molar-refractivity contribution < 1.29 is 9.84 Å². The van der Waals surface area contributed by atoms with Gasteiger partial charge in [0.1, 0.15) is 0 Å². The van der Waals surface area contributed by atoms with E-state index in [-0.39, 0.29) is 6.10 Å². The van der Waals surface area contributed by atoms with Crippen LogP contribution >= 0.6 is 0 Å². The molecule has 1 aliphatic rings. The van der Waals surface area contributed by atoms with Crippen LogP contribution in [0.5, 0.6) is 0 Å². The Balaban J connectivity index is 2.44. The van der Waals surface area contributed by atoms with Gasteiger partial charge in [-0.25, -0.2) is 0 Å². The molecule has 2 heteroatoms. The van der Waals surface area contributed by atoms with Crippen molar-refractivity contribution in [3.63, 3.8) is 0 Å². The molecule has 2 nitrogen and oxygen atoms in total. The zero-order valence-corrected chi connectivity index (χ0v) is 7.47. The Morgan fingerprint density at radius 2 is 2.27 bits per heavy atom. The van der Waals surface area contributed by atoms with Crippen LogP contribution in [0.3, 0.4) is 0 Å². The second kappa shape index (κ2) is 3.55. The zero-order valence-electron chi connectivity index (χ0n) is 7.47. The predicted molar refractivity (Wildman–Crippen MR) is 44.3 cm³/mol. The van der Waals surface area contributed by atoms with Crippen molar-refractivity contribution in [1.29, 1.82) is 0 Å². The SMILES string of the molecule is CCC1CCCC(O)(CC)O1. The second-order valence-corrected chi connectivity index (χ2v) is 3.34. The third-order valence-electron chi connectivity index (χ3n) is 2.49. The van der Waals surface area contributed by atoms with Gasteiger partial charge in [-0.1, -0.05) is 13.8 Å². The molecule has 1 saturated heterocycles. The second-order valence-electron chi connectivity index (χ2n) is 3.34. The number of ether oxygens (including phenoxy) is 1. The Kier molecular flexibility index (Phi) is 2.90. The van der Waals surface area contributed by atoms with Gasteiger partial charge in [0, 0.05) is 6.42 Å². The van der Waals surface area contributed by atoms with Gasteiger partial charge < -0.3 is 9.84 Å². The molecule has 2 atom stereocenters. The third-order valence-corrected chi connectivity index (χ3v) is 2.49. The van der Waals surface area contributed by atoms with Crippen molar-refractivity contribution in [2.45, 2.75) is 57.8 Å². The summed E-state index contributed by atoms with van der Waals surface area (Å²) in [6.07, 6.45) is 5.03. The standard InChI is InChI=1S/C9H18O2/c1-3-8-6-5-7-9(10,4-2)11-8/h8,10H,3-7H2,1-2H3. The van der Waals surface area contributed by atoms with Crippen LogP contribution in [0.1, 0.15) is 46.0 Å². The van der Waals surface area contributed by atoms with Crippen molar-refractivity contribution in [3.05, 3.63) is 0 Å². The maximum absolute atomic E-state index is 9.76. The molecule has 0 bridgehead atoms.